The zero-order chi connectivity index (χ0) is 17.0. The number of hydrogen-bond acceptors (Lipinski definition) is 4. The predicted molar refractivity (Wildman–Crippen MR) is 90.8 cm³/mol. The Kier molecular flexibility index (Phi) is 5.38. The van der Waals surface area contributed by atoms with E-state index in [9.17, 15) is 10.1 Å². The molecule has 0 atom stereocenters. The normalized spacial score (nSPS) is 15.9. The van der Waals surface area contributed by atoms with Gasteiger partial charge >= 0.3 is 6.09 Å². The summed E-state index contributed by atoms with van der Waals surface area (Å²) in [5, 5.41) is 12.7. The van der Waals surface area contributed by atoms with Crippen molar-refractivity contribution in [3.63, 3.8) is 0 Å². The number of ether oxygens (including phenoxy) is 1. The van der Waals surface area contributed by atoms with E-state index in [0.29, 0.717) is 10.6 Å². The molecule has 23 heavy (non-hydrogen) atoms. The van der Waals surface area contributed by atoms with Crippen molar-refractivity contribution in [2.24, 2.45) is 0 Å². The maximum atomic E-state index is 11.8. The molecule has 5 nitrogen and oxygen atoms in total. The summed E-state index contributed by atoms with van der Waals surface area (Å²) in [5.74, 6) is 0. The highest BCUT2D eigenvalue weighted by atomic mass is 35.5. The third-order valence-electron chi connectivity index (χ3n) is 3.64. The maximum absolute atomic E-state index is 11.8. The molecule has 6 heteroatoms. The van der Waals surface area contributed by atoms with E-state index in [4.69, 9.17) is 16.3 Å². The third kappa shape index (κ3) is 4.77. The summed E-state index contributed by atoms with van der Waals surface area (Å²) in [4.78, 5) is 13.9. The number of rotatable bonds is 2. The quantitative estimate of drug-likeness (QED) is 0.894. The van der Waals surface area contributed by atoms with Crippen LogP contribution in [0.25, 0.3) is 0 Å². The van der Waals surface area contributed by atoms with Gasteiger partial charge in [-0.25, -0.2) is 4.79 Å². The van der Waals surface area contributed by atoms with Gasteiger partial charge in [-0.2, -0.15) is 5.26 Å². The number of para-hydroxylation sites is 1. The molecule has 0 saturated carbocycles. The summed E-state index contributed by atoms with van der Waals surface area (Å²) in [6, 6.07) is 7.61. The van der Waals surface area contributed by atoms with Crippen molar-refractivity contribution in [2.45, 2.75) is 45.3 Å². The van der Waals surface area contributed by atoms with Gasteiger partial charge in [-0.3, -0.25) is 0 Å². The molecule has 0 aliphatic carbocycles. The van der Waals surface area contributed by atoms with E-state index >= 15 is 0 Å². The van der Waals surface area contributed by atoms with Crippen LogP contribution in [0.5, 0.6) is 0 Å². The van der Waals surface area contributed by atoms with Gasteiger partial charge in [-0.1, -0.05) is 17.7 Å². The first kappa shape index (κ1) is 17.4. The first-order chi connectivity index (χ1) is 10.8. The second-order valence-electron chi connectivity index (χ2n) is 6.66. The van der Waals surface area contributed by atoms with Crippen molar-refractivity contribution in [3.05, 3.63) is 28.8 Å². The Morgan fingerprint density at radius 3 is 2.61 bits per heavy atom. The summed E-state index contributed by atoms with van der Waals surface area (Å²) in [5.41, 5.74) is 0.868. The van der Waals surface area contributed by atoms with Gasteiger partial charge < -0.3 is 15.0 Å². The van der Waals surface area contributed by atoms with Crippen LogP contribution in [0, 0.1) is 11.3 Å². The molecule has 1 heterocycles. The van der Waals surface area contributed by atoms with Crippen molar-refractivity contribution in [3.8, 4) is 6.07 Å². The monoisotopic (exact) mass is 335 g/mol. The standard InChI is InChI=1S/C17H22ClN3O2/c1-17(2,3)23-16(22)20-13-7-9-21(10-8-13)15-12(11-19)5-4-6-14(15)18/h4-6,13H,7-10H2,1-3H3,(H,20,22). The summed E-state index contributed by atoms with van der Waals surface area (Å²) in [6.07, 6.45) is 1.19. The number of benzene rings is 1. The average molecular weight is 336 g/mol. The number of halogens is 1. The van der Waals surface area contributed by atoms with Crippen molar-refractivity contribution < 1.29 is 9.53 Å². The van der Waals surface area contributed by atoms with Crippen LogP contribution in [0.2, 0.25) is 5.02 Å². The maximum Gasteiger partial charge on any atom is 0.407 e. The second-order valence-corrected chi connectivity index (χ2v) is 7.06. The van der Waals surface area contributed by atoms with Crippen LogP contribution in [0.1, 0.15) is 39.2 Å². The SMILES string of the molecule is CC(C)(C)OC(=O)NC1CCN(c2c(Cl)cccc2C#N)CC1. The largest absolute Gasteiger partial charge is 0.444 e. The van der Waals surface area contributed by atoms with Gasteiger partial charge in [0.2, 0.25) is 0 Å². The van der Waals surface area contributed by atoms with Crippen molar-refractivity contribution >= 4 is 23.4 Å². The number of amides is 1. The van der Waals surface area contributed by atoms with Gasteiger partial charge in [0.1, 0.15) is 11.7 Å². The fraction of sp³-hybridized carbons (Fsp3) is 0.529. The van der Waals surface area contributed by atoms with E-state index in [2.05, 4.69) is 16.3 Å². The lowest BCUT2D eigenvalue weighted by molar-refractivity contribution is 0.0497. The lowest BCUT2D eigenvalue weighted by Gasteiger charge is -2.35. The van der Waals surface area contributed by atoms with Crippen molar-refractivity contribution in [1.82, 2.24) is 5.32 Å². The Morgan fingerprint density at radius 1 is 1.39 bits per heavy atom. The molecule has 0 aromatic heterocycles. The molecular weight excluding hydrogens is 314 g/mol. The molecule has 1 aliphatic heterocycles. The summed E-state index contributed by atoms with van der Waals surface area (Å²) >= 11 is 6.25. The van der Waals surface area contributed by atoms with Gasteiger partial charge in [-0.15, -0.1) is 0 Å². The van der Waals surface area contributed by atoms with Crippen LogP contribution in [0.3, 0.4) is 0 Å². The van der Waals surface area contributed by atoms with Crippen LogP contribution in [-0.4, -0.2) is 30.8 Å². The van der Waals surface area contributed by atoms with E-state index < -0.39 is 5.60 Å². The van der Waals surface area contributed by atoms with E-state index in [-0.39, 0.29) is 12.1 Å². The van der Waals surface area contributed by atoms with Crippen molar-refractivity contribution in [1.29, 1.82) is 5.26 Å². The predicted octanol–water partition coefficient (Wildman–Crippen LogP) is 3.71. The Balaban J connectivity index is 1.95. The molecule has 1 aromatic carbocycles. The Labute approximate surface area is 142 Å². The molecule has 0 bridgehead atoms. The number of nitrogens with one attached hydrogen (secondary N) is 1. The Morgan fingerprint density at radius 2 is 2.04 bits per heavy atom. The van der Waals surface area contributed by atoms with Gasteiger partial charge in [0, 0.05) is 19.1 Å². The number of hydrogen-bond donors (Lipinski definition) is 1. The zero-order valence-electron chi connectivity index (χ0n) is 13.7. The van der Waals surface area contributed by atoms with Crippen molar-refractivity contribution in [2.75, 3.05) is 18.0 Å². The summed E-state index contributed by atoms with van der Waals surface area (Å²) < 4.78 is 5.28. The van der Waals surface area contributed by atoms with E-state index in [0.717, 1.165) is 31.6 Å². The summed E-state index contributed by atoms with van der Waals surface area (Å²) in [7, 11) is 0. The zero-order valence-corrected chi connectivity index (χ0v) is 14.5. The number of piperidine rings is 1. The Bertz CT molecular complexity index is 611. The molecule has 1 saturated heterocycles. The average Bonchev–Trinajstić information content (AvgIpc) is 2.46. The van der Waals surface area contributed by atoms with Crippen LogP contribution >= 0.6 is 11.6 Å². The molecule has 1 N–H and O–H groups in total. The number of carbonyl (C=O) groups is 1. The molecule has 0 unspecified atom stereocenters. The third-order valence-corrected chi connectivity index (χ3v) is 3.94. The minimum Gasteiger partial charge on any atom is -0.444 e. The van der Waals surface area contributed by atoms with Crippen LogP contribution < -0.4 is 10.2 Å². The van der Waals surface area contributed by atoms with E-state index in [1.54, 1.807) is 18.2 Å². The first-order valence-corrected chi connectivity index (χ1v) is 8.11. The minimum atomic E-state index is -0.496. The number of nitriles is 1. The molecule has 1 aliphatic rings. The molecular formula is C17H22ClN3O2. The molecule has 124 valence electrons. The lowest BCUT2D eigenvalue weighted by atomic mass is 10.0. The smallest absolute Gasteiger partial charge is 0.407 e. The fourth-order valence-corrected chi connectivity index (χ4v) is 2.94. The number of alkyl carbamates (subject to hydrolysis) is 1. The topological polar surface area (TPSA) is 65.4 Å². The van der Waals surface area contributed by atoms with Gasteiger partial charge in [-0.05, 0) is 45.7 Å². The minimum absolute atomic E-state index is 0.0779. The molecule has 0 spiro atoms. The highest BCUT2D eigenvalue weighted by Gasteiger charge is 2.25. The highest BCUT2D eigenvalue weighted by molar-refractivity contribution is 6.33. The van der Waals surface area contributed by atoms with Crippen LogP contribution in [0.15, 0.2) is 18.2 Å². The van der Waals surface area contributed by atoms with Gasteiger partial charge in [0.15, 0.2) is 0 Å². The second kappa shape index (κ2) is 7.10. The lowest BCUT2D eigenvalue weighted by Crippen LogP contribution is -2.46. The number of nitrogens with zero attached hydrogens (tertiary/aromatic N) is 2. The van der Waals surface area contributed by atoms with E-state index in [1.807, 2.05) is 20.8 Å². The van der Waals surface area contributed by atoms with Gasteiger partial charge in [0.25, 0.3) is 0 Å². The molecule has 1 amide bonds. The summed E-state index contributed by atoms with van der Waals surface area (Å²) in [6.45, 7) is 7.00. The van der Waals surface area contributed by atoms with E-state index in [1.165, 1.54) is 0 Å². The van der Waals surface area contributed by atoms with Crippen LogP contribution in [-0.2, 0) is 4.74 Å². The Hall–Kier alpha value is -1.93. The molecule has 2 rings (SSSR count). The number of carbonyl (C=O) groups excluding carboxylic acids is 1. The molecule has 0 radical (unpaired) electrons. The van der Waals surface area contributed by atoms with Gasteiger partial charge in [0.05, 0.1) is 16.3 Å². The highest BCUT2D eigenvalue weighted by Crippen LogP contribution is 2.31. The van der Waals surface area contributed by atoms with Crippen LogP contribution in [0.4, 0.5) is 10.5 Å². The molecule has 1 fully saturated rings. The number of anilines is 1. The first-order valence-electron chi connectivity index (χ1n) is 7.73. The fourth-order valence-electron chi connectivity index (χ4n) is 2.65. The molecule has 1 aromatic rings.